The van der Waals surface area contributed by atoms with Gasteiger partial charge in [0.05, 0.1) is 25.4 Å². The predicted octanol–water partition coefficient (Wildman–Crippen LogP) is 1.05. The van der Waals surface area contributed by atoms with Crippen molar-refractivity contribution >= 4 is 6.09 Å². The van der Waals surface area contributed by atoms with Gasteiger partial charge in [-0.05, 0) is 33.6 Å². The van der Waals surface area contributed by atoms with Gasteiger partial charge in [-0.2, -0.15) is 0 Å². The zero-order chi connectivity index (χ0) is 12.2. The van der Waals surface area contributed by atoms with Crippen LogP contribution < -0.4 is 5.32 Å². The number of alkyl carbamates (subject to hydrolysis) is 1. The lowest BCUT2D eigenvalue weighted by Crippen LogP contribution is -2.43. The Morgan fingerprint density at radius 2 is 2.12 bits per heavy atom. The van der Waals surface area contributed by atoms with Gasteiger partial charge in [-0.15, -0.1) is 0 Å². The molecule has 1 unspecified atom stereocenters. The van der Waals surface area contributed by atoms with Gasteiger partial charge in [0, 0.05) is 0 Å². The largest absolute Gasteiger partial charge is 0.444 e. The highest BCUT2D eigenvalue weighted by molar-refractivity contribution is 5.68. The lowest BCUT2D eigenvalue weighted by Gasteiger charge is -2.22. The van der Waals surface area contributed by atoms with Crippen LogP contribution in [0.4, 0.5) is 4.79 Å². The zero-order valence-corrected chi connectivity index (χ0v) is 10.2. The summed E-state index contributed by atoms with van der Waals surface area (Å²) in [6.45, 7) is 5.57. The average Bonchev–Trinajstić information content (AvgIpc) is 2.92. The quantitative estimate of drug-likeness (QED) is 0.742. The lowest BCUT2D eigenvalue weighted by atomic mass is 10.2. The molecular weight excluding hydrogens is 210 g/mol. The Balaban J connectivity index is 2.22. The highest BCUT2D eigenvalue weighted by Crippen LogP contribution is 2.23. The first-order valence-corrected chi connectivity index (χ1v) is 5.62. The summed E-state index contributed by atoms with van der Waals surface area (Å²) >= 11 is 0. The van der Waals surface area contributed by atoms with E-state index in [0.717, 1.165) is 12.8 Å². The summed E-state index contributed by atoms with van der Waals surface area (Å²) < 4.78 is 10.5. The van der Waals surface area contributed by atoms with Gasteiger partial charge in [0.1, 0.15) is 5.60 Å². The van der Waals surface area contributed by atoms with Gasteiger partial charge < -0.3 is 19.9 Å². The van der Waals surface area contributed by atoms with E-state index >= 15 is 0 Å². The van der Waals surface area contributed by atoms with Gasteiger partial charge in [0.2, 0.25) is 0 Å². The predicted molar refractivity (Wildman–Crippen MR) is 59.2 cm³/mol. The van der Waals surface area contributed by atoms with Crippen LogP contribution in [0.15, 0.2) is 0 Å². The van der Waals surface area contributed by atoms with Gasteiger partial charge in [0.25, 0.3) is 0 Å². The van der Waals surface area contributed by atoms with Crippen LogP contribution in [0.1, 0.15) is 33.6 Å². The fourth-order valence-corrected chi connectivity index (χ4v) is 1.10. The Labute approximate surface area is 96.1 Å². The van der Waals surface area contributed by atoms with E-state index < -0.39 is 17.7 Å². The Kier molecular flexibility index (Phi) is 4.56. The third kappa shape index (κ3) is 5.92. The first-order chi connectivity index (χ1) is 7.40. The molecule has 1 rings (SSSR count). The van der Waals surface area contributed by atoms with Crippen LogP contribution in [-0.4, -0.2) is 42.2 Å². The van der Waals surface area contributed by atoms with Crippen molar-refractivity contribution in [2.75, 3.05) is 13.2 Å². The summed E-state index contributed by atoms with van der Waals surface area (Å²) in [6.07, 6.45) is 1.94. The molecule has 5 nitrogen and oxygen atoms in total. The van der Waals surface area contributed by atoms with E-state index in [1.54, 1.807) is 20.8 Å². The van der Waals surface area contributed by atoms with Gasteiger partial charge in [0.15, 0.2) is 0 Å². The minimum absolute atomic E-state index is 0.147. The summed E-state index contributed by atoms with van der Waals surface area (Å²) in [5, 5.41) is 11.6. The van der Waals surface area contributed by atoms with E-state index in [-0.39, 0.29) is 6.61 Å². The van der Waals surface area contributed by atoms with Crippen molar-refractivity contribution in [1.82, 2.24) is 5.32 Å². The summed E-state index contributed by atoms with van der Waals surface area (Å²) in [4.78, 5) is 11.4. The topological polar surface area (TPSA) is 67.8 Å². The van der Waals surface area contributed by atoms with Crippen molar-refractivity contribution in [1.29, 1.82) is 0 Å². The van der Waals surface area contributed by atoms with E-state index in [2.05, 4.69) is 5.32 Å². The molecular formula is C11H21NO4. The van der Waals surface area contributed by atoms with Crippen LogP contribution in [0, 0.1) is 0 Å². The van der Waals surface area contributed by atoms with Gasteiger partial charge >= 0.3 is 6.09 Å². The molecule has 94 valence electrons. The van der Waals surface area contributed by atoms with E-state index in [9.17, 15) is 4.79 Å². The summed E-state index contributed by atoms with van der Waals surface area (Å²) in [7, 11) is 0. The van der Waals surface area contributed by atoms with Crippen LogP contribution in [0.2, 0.25) is 0 Å². The minimum Gasteiger partial charge on any atom is -0.444 e. The summed E-state index contributed by atoms with van der Waals surface area (Å²) in [5.41, 5.74) is -0.526. The summed E-state index contributed by atoms with van der Waals surface area (Å²) in [6, 6.07) is -0.393. The smallest absolute Gasteiger partial charge is 0.408 e. The Morgan fingerprint density at radius 3 is 2.56 bits per heavy atom. The first kappa shape index (κ1) is 13.3. The van der Waals surface area contributed by atoms with Crippen molar-refractivity contribution in [2.24, 2.45) is 0 Å². The van der Waals surface area contributed by atoms with Crippen molar-refractivity contribution in [3.63, 3.8) is 0 Å². The van der Waals surface area contributed by atoms with Crippen LogP contribution in [-0.2, 0) is 9.47 Å². The van der Waals surface area contributed by atoms with Gasteiger partial charge in [-0.3, -0.25) is 0 Å². The number of hydrogen-bond donors (Lipinski definition) is 2. The van der Waals surface area contributed by atoms with Crippen molar-refractivity contribution in [3.8, 4) is 0 Å². The Morgan fingerprint density at radius 1 is 1.50 bits per heavy atom. The van der Waals surface area contributed by atoms with Crippen molar-refractivity contribution in [3.05, 3.63) is 0 Å². The molecule has 0 aromatic heterocycles. The Bertz CT molecular complexity index is 233. The first-order valence-electron chi connectivity index (χ1n) is 5.62. The van der Waals surface area contributed by atoms with E-state index in [0.29, 0.717) is 12.7 Å². The molecule has 1 fully saturated rings. The molecule has 0 spiro atoms. The average molecular weight is 231 g/mol. The monoisotopic (exact) mass is 231 g/mol. The van der Waals surface area contributed by atoms with E-state index in [1.807, 2.05) is 0 Å². The number of ether oxygens (including phenoxy) is 2. The molecule has 1 aliphatic carbocycles. The fourth-order valence-electron chi connectivity index (χ4n) is 1.10. The molecule has 1 amide bonds. The second-order valence-corrected chi connectivity index (χ2v) is 5.06. The highest BCUT2D eigenvalue weighted by atomic mass is 16.6. The molecule has 0 aromatic rings. The number of aliphatic hydroxyl groups is 1. The molecule has 1 atom stereocenters. The Hall–Kier alpha value is -0.810. The van der Waals surface area contributed by atoms with E-state index in [1.165, 1.54) is 0 Å². The van der Waals surface area contributed by atoms with Crippen LogP contribution >= 0.6 is 0 Å². The molecule has 0 heterocycles. The van der Waals surface area contributed by atoms with Crippen LogP contribution in [0.5, 0.6) is 0 Å². The lowest BCUT2D eigenvalue weighted by molar-refractivity contribution is 0.0365. The molecule has 0 aromatic carbocycles. The fraction of sp³-hybridized carbons (Fsp3) is 0.909. The van der Waals surface area contributed by atoms with E-state index in [4.69, 9.17) is 14.6 Å². The van der Waals surface area contributed by atoms with Crippen molar-refractivity contribution < 1.29 is 19.4 Å². The molecule has 0 bridgehead atoms. The maximum Gasteiger partial charge on any atom is 0.408 e. The third-order valence-corrected chi connectivity index (χ3v) is 2.00. The number of rotatable bonds is 5. The van der Waals surface area contributed by atoms with Gasteiger partial charge in [-0.25, -0.2) is 4.79 Å². The molecule has 16 heavy (non-hydrogen) atoms. The molecule has 5 heteroatoms. The number of aliphatic hydroxyl groups excluding tert-OH is 1. The molecule has 0 radical (unpaired) electrons. The second kappa shape index (κ2) is 5.50. The second-order valence-electron chi connectivity index (χ2n) is 5.06. The highest BCUT2D eigenvalue weighted by Gasteiger charge is 2.25. The zero-order valence-electron chi connectivity index (χ0n) is 10.2. The number of amides is 1. The normalized spacial score (nSPS) is 18.0. The number of carbonyl (C=O) groups excluding carboxylic acids is 1. The maximum atomic E-state index is 11.4. The molecule has 0 aliphatic heterocycles. The maximum absolute atomic E-state index is 11.4. The molecule has 1 aliphatic rings. The summed E-state index contributed by atoms with van der Waals surface area (Å²) in [5.74, 6) is 0. The minimum atomic E-state index is -0.526. The standard InChI is InChI=1S/C11H21NO4/c1-11(2,3)16-10(14)12-8(6-13)7-15-9-4-5-9/h8-9,13H,4-7H2,1-3H3,(H,12,14). The number of nitrogens with one attached hydrogen (secondary N) is 1. The number of carbonyl (C=O) groups is 1. The molecule has 0 saturated heterocycles. The SMILES string of the molecule is CC(C)(C)OC(=O)NC(CO)COC1CC1. The van der Waals surface area contributed by atoms with Crippen LogP contribution in [0.3, 0.4) is 0 Å². The number of hydrogen-bond acceptors (Lipinski definition) is 4. The molecule has 2 N–H and O–H groups in total. The van der Waals surface area contributed by atoms with Gasteiger partial charge in [-0.1, -0.05) is 0 Å². The third-order valence-electron chi connectivity index (χ3n) is 2.00. The van der Waals surface area contributed by atoms with Crippen LogP contribution in [0.25, 0.3) is 0 Å². The van der Waals surface area contributed by atoms with Crippen molar-refractivity contribution in [2.45, 2.75) is 51.4 Å². The molecule has 1 saturated carbocycles.